The van der Waals surface area contributed by atoms with Gasteiger partial charge in [0.2, 0.25) is 10.0 Å². The molecular formula is C15H17N7O3S. The summed E-state index contributed by atoms with van der Waals surface area (Å²) < 4.78 is 33.9. The number of hydrogen-bond donors (Lipinski definition) is 1. The number of anilines is 1. The van der Waals surface area contributed by atoms with Gasteiger partial charge in [0.25, 0.3) is 0 Å². The Balaban J connectivity index is 1.57. The Kier molecular flexibility index (Phi) is 4.49. The van der Waals surface area contributed by atoms with Crippen LogP contribution in [0, 0.1) is 0 Å². The third kappa shape index (κ3) is 3.23. The summed E-state index contributed by atoms with van der Waals surface area (Å²) in [7, 11) is -3.57. The number of aromatic nitrogens is 5. The lowest BCUT2D eigenvalue weighted by atomic mass is 10.2. The highest BCUT2D eigenvalue weighted by Crippen LogP contribution is 2.22. The summed E-state index contributed by atoms with van der Waals surface area (Å²) in [5.74, 6) is 0.545. The summed E-state index contributed by atoms with van der Waals surface area (Å²) in [4.78, 5) is 0.290. The van der Waals surface area contributed by atoms with Crippen LogP contribution in [-0.4, -0.2) is 64.3 Å². The second kappa shape index (κ2) is 6.94. The Morgan fingerprint density at radius 1 is 1.12 bits per heavy atom. The molecule has 3 heterocycles. The largest absolute Gasteiger partial charge is 0.379 e. The van der Waals surface area contributed by atoms with Gasteiger partial charge in [-0.05, 0) is 34.2 Å². The van der Waals surface area contributed by atoms with E-state index >= 15 is 0 Å². The van der Waals surface area contributed by atoms with Crippen molar-refractivity contribution in [2.45, 2.75) is 11.4 Å². The topological polar surface area (TPSA) is 115 Å². The smallest absolute Gasteiger partial charge is 0.243 e. The molecule has 1 aliphatic heterocycles. The van der Waals surface area contributed by atoms with Crippen LogP contribution in [0.4, 0.5) is 5.82 Å². The monoisotopic (exact) mass is 375 g/mol. The molecule has 0 saturated carbocycles. The number of nitrogens with one attached hydrogen (secondary N) is 1. The first-order valence-corrected chi connectivity index (χ1v) is 9.54. The highest BCUT2D eigenvalue weighted by atomic mass is 32.2. The maximum atomic E-state index is 13.0. The Bertz CT molecular complexity index is 1010. The lowest BCUT2D eigenvalue weighted by molar-refractivity contribution is 0.0730. The normalized spacial score (nSPS) is 16.0. The Morgan fingerprint density at radius 3 is 2.77 bits per heavy atom. The third-order valence-electron chi connectivity index (χ3n) is 4.09. The Morgan fingerprint density at radius 2 is 1.92 bits per heavy atom. The van der Waals surface area contributed by atoms with E-state index in [0.717, 1.165) is 0 Å². The molecule has 0 bridgehead atoms. The fourth-order valence-corrected chi connectivity index (χ4v) is 4.39. The number of fused-ring (bicyclic) bond motifs is 1. The molecule has 4 rings (SSSR count). The summed E-state index contributed by atoms with van der Waals surface area (Å²) in [5.41, 5.74) is 1.20. The van der Waals surface area contributed by atoms with E-state index in [1.54, 1.807) is 30.3 Å². The summed E-state index contributed by atoms with van der Waals surface area (Å²) in [6.07, 6.45) is 0. The molecule has 1 aliphatic rings. The van der Waals surface area contributed by atoms with Gasteiger partial charge in [-0.1, -0.05) is 18.2 Å². The minimum atomic E-state index is -3.57. The zero-order chi connectivity index (χ0) is 18.0. The molecule has 0 atom stereocenters. The van der Waals surface area contributed by atoms with Crippen LogP contribution in [0.5, 0.6) is 0 Å². The molecule has 1 N–H and O–H groups in total. The van der Waals surface area contributed by atoms with Crippen LogP contribution in [0.15, 0.2) is 41.3 Å². The van der Waals surface area contributed by atoms with E-state index in [0.29, 0.717) is 49.9 Å². The molecule has 0 spiro atoms. The summed E-state index contributed by atoms with van der Waals surface area (Å²) in [6.45, 7) is 1.86. The quantitative estimate of drug-likeness (QED) is 0.670. The van der Waals surface area contributed by atoms with Gasteiger partial charge in [0.1, 0.15) is 5.82 Å². The number of nitrogens with zero attached hydrogens (tertiary/aromatic N) is 6. The van der Waals surface area contributed by atoms with Crippen molar-refractivity contribution in [2.75, 3.05) is 31.6 Å². The van der Waals surface area contributed by atoms with Crippen molar-refractivity contribution in [1.82, 2.24) is 29.6 Å². The predicted octanol–water partition coefficient (Wildman–Crippen LogP) is 0.152. The zero-order valence-corrected chi connectivity index (χ0v) is 14.6. The second-order valence-electron chi connectivity index (χ2n) is 5.72. The Hall–Kier alpha value is -2.63. The van der Waals surface area contributed by atoms with Crippen LogP contribution in [0.2, 0.25) is 0 Å². The van der Waals surface area contributed by atoms with Crippen molar-refractivity contribution in [3.63, 3.8) is 0 Å². The average molecular weight is 375 g/mol. The first-order valence-electron chi connectivity index (χ1n) is 8.10. The van der Waals surface area contributed by atoms with E-state index in [1.165, 1.54) is 8.94 Å². The minimum absolute atomic E-state index is 0.290. The van der Waals surface area contributed by atoms with Crippen LogP contribution >= 0.6 is 0 Å². The number of rotatable bonds is 5. The second-order valence-corrected chi connectivity index (χ2v) is 7.63. The standard InChI is InChI=1S/C15H17N7O3S/c23-26(24,21-7-9-25-10-8-21)13-4-2-1-3-12(13)11-16-14-5-6-15-17-19-20-22(15)18-14/h1-6H,7-11H2,(H,16,18). The van der Waals surface area contributed by atoms with Crippen molar-refractivity contribution in [3.05, 3.63) is 42.0 Å². The van der Waals surface area contributed by atoms with Crippen molar-refractivity contribution in [2.24, 2.45) is 0 Å². The van der Waals surface area contributed by atoms with Crippen LogP contribution in [0.1, 0.15) is 5.56 Å². The fraction of sp³-hybridized carbons (Fsp3) is 0.333. The number of hydrogen-bond acceptors (Lipinski definition) is 8. The van der Waals surface area contributed by atoms with E-state index in [2.05, 4.69) is 25.9 Å². The van der Waals surface area contributed by atoms with Gasteiger partial charge in [0.15, 0.2) is 5.65 Å². The van der Waals surface area contributed by atoms with Gasteiger partial charge in [-0.2, -0.15) is 4.31 Å². The maximum absolute atomic E-state index is 13.0. The van der Waals surface area contributed by atoms with Gasteiger partial charge in [-0.15, -0.1) is 14.8 Å². The molecule has 0 aliphatic carbocycles. The number of benzene rings is 1. The number of ether oxygens (including phenoxy) is 1. The van der Waals surface area contributed by atoms with Crippen molar-refractivity contribution in [1.29, 1.82) is 0 Å². The molecule has 10 nitrogen and oxygen atoms in total. The molecule has 136 valence electrons. The van der Waals surface area contributed by atoms with Crippen LogP contribution < -0.4 is 5.32 Å². The molecular weight excluding hydrogens is 358 g/mol. The van der Waals surface area contributed by atoms with Gasteiger partial charge in [0.05, 0.1) is 18.1 Å². The lowest BCUT2D eigenvalue weighted by Crippen LogP contribution is -2.41. The molecule has 1 saturated heterocycles. The fourth-order valence-electron chi connectivity index (χ4n) is 2.76. The van der Waals surface area contributed by atoms with E-state index in [4.69, 9.17) is 4.74 Å². The summed E-state index contributed by atoms with van der Waals surface area (Å²) in [6, 6.07) is 10.4. The van der Waals surface area contributed by atoms with Crippen molar-refractivity contribution >= 4 is 21.5 Å². The van der Waals surface area contributed by atoms with Gasteiger partial charge in [-0.3, -0.25) is 0 Å². The first kappa shape index (κ1) is 16.8. The van der Waals surface area contributed by atoms with E-state index in [1.807, 2.05) is 6.07 Å². The van der Waals surface area contributed by atoms with Crippen molar-refractivity contribution in [3.8, 4) is 0 Å². The highest BCUT2D eigenvalue weighted by molar-refractivity contribution is 7.89. The molecule has 26 heavy (non-hydrogen) atoms. The van der Waals surface area contributed by atoms with Crippen molar-refractivity contribution < 1.29 is 13.2 Å². The molecule has 3 aromatic rings. The highest BCUT2D eigenvalue weighted by Gasteiger charge is 2.28. The maximum Gasteiger partial charge on any atom is 0.243 e. The summed E-state index contributed by atoms with van der Waals surface area (Å²) >= 11 is 0. The van der Waals surface area contributed by atoms with Crippen LogP contribution in [0.3, 0.4) is 0 Å². The van der Waals surface area contributed by atoms with Gasteiger partial charge in [-0.25, -0.2) is 8.42 Å². The number of tetrazole rings is 1. The summed E-state index contributed by atoms with van der Waals surface area (Å²) in [5, 5.41) is 18.4. The van der Waals surface area contributed by atoms with E-state index in [-0.39, 0.29) is 4.90 Å². The SMILES string of the molecule is O=S(=O)(c1ccccc1CNc1ccc2nnnn2n1)N1CCOCC1. The first-order chi connectivity index (χ1) is 12.6. The van der Waals surface area contributed by atoms with Gasteiger partial charge >= 0.3 is 0 Å². The zero-order valence-electron chi connectivity index (χ0n) is 13.8. The van der Waals surface area contributed by atoms with Crippen LogP contribution in [-0.2, 0) is 21.3 Å². The van der Waals surface area contributed by atoms with Gasteiger partial charge in [0, 0.05) is 19.6 Å². The Labute approximate surface area is 149 Å². The average Bonchev–Trinajstić information content (AvgIpc) is 3.15. The molecule has 1 fully saturated rings. The third-order valence-corrected chi connectivity index (χ3v) is 6.09. The molecule has 11 heteroatoms. The molecule has 0 amide bonds. The molecule has 2 aromatic heterocycles. The minimum Gasteiger partial charge on any atom is -0.379 e. The van der Waals surface area contributed by atoms with E-state index in [9.17, 15) is 8.42 Å². The predicted molar refractivity (Wildman–Crippen MR) is 91.9 cm³/mol. The van der Waals surface area contributed by atoms with E-state index < -0.39 is 10.0 Å². The van der Waals surface area contributed by atoms with Crippen LogP contribution in [0.25, 0.3) is 5.65 Å². The van der Waals surface area contributed by atoms with Gasteiger partial charge < -0.3 is 10.1 Å². The molecule has 0 unspecified atom stereocenters. The number of morpholine rings is 1. The molecule has 1 aromatic carbocycles. The molecule has 0 radical (unpaired) electrons. The lowest BCUT2D eigenvalue weighted by Gasteiger charge is -2.27. The number of sulfonamides is 1.